The third kappa shape index (κ3) is 4.05. The molecule has 6 aromatic carbocycles. The fraction of sp³-hybridized carbons (Fsp3) is 0. The van der Waals surface area contributed by atoms with Crippen LogP contribution in [0.5, 0.6) is 0 Å². The van der Waals surface area contributed by atoms with Gasteiger partial charge in [0.15, 0.2) is 17.5 Å². The highest BCUT2D eigenvalue weighted by Gasteiger charge is 2.19. The van der Waals surface area contributed by atoms with E-state index < -0.39 is 0 Å². The van der Waals surface area contributed by atoms with Crippen molar-refractivity contribution >= 4 is 32.7 Å². The van der Waals surface area contributed by atoms with Gasteiger partial charge < -0.3 is 4.42 Å². The van der Waals surface area contributed by atoms with Gasteiger partial charge in [0.1, 0.15) is 11.2 Å². The molecule has 0 saturated heterocycles. The number of rotatable bonds is 4. The monoisotopic (exact) mass is 525 g/mol. The Morgan fingerprint density at radius 2 is 0.902 bits per heavy atom. The number of nitrogens with zero attached hydrogens (tertiary/aromatic N) is 3. The summed E-state index contributed by atoms with van der Waals surface area (Å²) in [5.41, 5.74) is 6.83. The van der Waals surface area contributed by atoms with Crippen molar-refractivity contribution < 1.29 is 4.42 Å². The average Bonchev–Trinajstić information content (AvgIpc) is 3.44. The van der Waals surface area contributed by atoms with Gasteiger partial charge in [0.2, 0.25) is 0 Å². The first-order valence-electron chi connectivity index (χ1n) is 13.6. The predicted octanol–water partition coefficient (Wildman–Crippen LogP) is 9.59. The molecular weight excluding hydrogens is 502 g/mol. The first-order chi connectivity index (χ1) is 20.3. The quantitative estimate of drug-likeness (QED) is 0.230. The van der Waals surface area contributed by atoms with Crippen LogP contribution in [-0.2, 0) is 0 Å². The lowest BCUT2D eigenvalue weighted by molar-refractivity contribution is 0.672. The molecule has 0 amide bonds. The number of benzene rings is 6. The van der Waals surface area contributed by atoms with Gasteiger partial charge in [0.05, 0.1) is 0 Å². The Hall–Kier alpha value is -5.61. The van der Waals surface area contributed by atoms with Crippen LogP contribution in [-0.4, -0.2) is 15.0 Å². The van der Waals surface area contributed by atoms with Crippen molar-refractivity contribution in [3.63, 3.8) is 0 Å². The number of furan rings is 1. The number of para-hydroxylation sites is 1. The fourth-order valence-electron chi connectivity index (χ4n) is 5.52. The minimum atomic E-state index is 0.627. The molecule has 0 atom stereocenters. The van der Waals surface area contributed by atoms with E-state index in [0.29, 0.717) is 17.5 Å². The highest BCUT2D eigenvalue weighted by molar-refractivity contribution is 6.19. The van der Waals surface area contributed by atoms with E-state index in [1.165, 1.54) is 0 Å². The number of hydrogen-bond donors (Lipinski definition) is 0. The van der Waals surface area contributed by atoms with E-state index in [1.807, 2.05) is 84.9 Å². The molecule has 4 nitrogen and oxygen atoms in total. The molecule has 0 spiro atoms. The van der Waals surface area contributed by atoms with Crippen LogP contribution in [0.2, 0.25) is 0 Å². The Morgan fingerprint density at radius 3 is 1.56 bits per heavy atom. The van der Waals surface area contributed by atoms with Gasteiger partial charge in [-0.1, -0.05) is 121 Å². The Morgan fingerprint density at radius 1 is 0.366 bits per heavy atom. The van der Waals surface area contributed by atoms with Gasteiger partial charge >= 0.3 is 0 Å². The second-order valence-corrected chi connectivity index (χ2v) is 10.1. The molecule has 8 rings (SSSR count). The van der Waals surface area contributed by atoms with Crippen molar-refractivity contribution in [3.8, 4) is 45.3 Å². The van der Waals surface area contributed by atoms with E-state index in [-0.39, 0.29) is 0 Å². The smallest absolute Gasteiger partial charge is 0.164 e. The van der Waals surface area contributed by atoms with Crippen molar-refractivity contribution in [2.45, 2.75) is 0 Å². The van der Waals surface area contributed by atoms with Crippen LogP contribution < -0.4 is 0 Å². The molecular formula is C37H23N3O. The molecule has 0 radical (unpaired) electrons. The number of aromatic nitrogens is 3. The molecule has 0 aliphatic rings. The first-order valence-corrected chi connectivity index (χ1v) is 13.6. The van der Waals surface area contributed by atoms with Crippen LogP contribution in [0.25, 0.3) is 78.0 Å². The molecule has 8 aromatic rings. The summed E-state index contributed by atoms with van der Waals surface area (Å²) in [6, 6.07) is 47.5. The van der Waals surface area contributed by atoms with Gasteiger partial charge in [-0.3, -0.25) is 0 Å². The van der Waals surface area contributed by atoms with E-state index in [2.05, 4.69) is 54.6 Å². The minimum absolute atomic E-state index is 0.627. The molecule has 2 aromatic heterocycles. The predicted molar refractivity (Wildman–Crippen MR) is 166 cm³/mol. The van der Waals surface area contributed by atoms with Crippen molar-refractivity contribution in [3.05, 3.63) is 140 Å². The fourth-order valence-corrected chi connectivity index (χ4v) is 5.52. The van der Waals surface area contributed by atoms with Gasteiger partial charge in [-0.2, -0.15) is 0 Å². The van der Waals surface area contributed by atoms with E-state index in [1.54, 1.807) is 0 Å². The van der Waals surface area contributed by atoms with Gasteiger partial charge in [-0.15, -0.1) is 0 Å². The zero-order valence-electron chi connectivity index (χ0n) is 22.0. The molecule has 0 saturated carbocycles. The maximum Gasteiger partial charge on any atom is 0.164 e. The summed E-state index contributed by atoms with van der Waals surface area (Å²) in [4.78, 5) is 15.0. The lowest BCUT2D eigenvalue weighted by Gasteiger charge is -2.12. The molecule has 0 N–H and O–H groups in total. The second-order valence-electron chi connectivity index (χ2n) is 10.1. The van der Waals surface area contributed by atoms with Crippen LogP contribution in [0.3, 0.4) is 0 Å². The van der Waals surface area contributed by atoms with E-state index >= 15 is 0 Å². The Kier molecular flexibility index (Phi) is 5.42. The molecule has 192 valence electrons. The number of fused-ring (bicyclic) bond motifs is 5. The van der Waals surface area contributed by atoms with Gasteiger partial charge in [-0.25, -0.2) is 15.0 Å². The third-order valence-electron chi connectivity index (χ3n) is 7.52. The van der Waals surface area contributed by atoms with E-state index in [0.717, 1.165) is 60.5 Å². The van der Waals surface area contributed by atoms with Crippen LogP contribution in [0.1, 0.15) is 0 Å². The maximum absolute atomic E-state index is 6.48. The molecule has 0 bridgehead atoms. The topological polar surface area (TPSA) is 51.8 Å². The highest BCUT2D eigenvalue weighted by atomic mass is 16.3. The van der Waals surface area contributed by atoms with Crippen molar-refractivity contribution in [2.24, 2.45) is 0 Å². The summed E-state index contributed by atoms with van der Waals surface area (Å²) in [5, 5.41) is 4.16. The average molecular weight is 526 g/mol. The van der Waals surface area contributed by atoms with Gasteiger partial charge in [0, 0.05) is 32.8 Å². The van der Waals surface area contributed by atoms with Crippen LogP contribution in [0, 0.1) is 0 Å². The van der Waals surface area contributed by atoms with Crippen molar-refractivity contribution in [2.75, 3.05) is 0 Å². The third-order valence-corrected chi connectivity index (χ3v) is 7.52. The van der Waals surface area contributed by atoms with Crippen molar-refractivity contribution in [1.29, 1.82) is 0 Å². The maximum atomic E-state index is 6.48. The van der Waals surface area contributed by atoms with E-state index in [4.69, 9.17) is 19.4 Å². The molecule has 2 heterocycles. The Balaban J connectivity index is 1.46. The second kappa shape index (κ2) is 9.54. The minimum Gasteiger partial charge on any atom is -0.455 e. The summed E-state index contributed by atoms with van der Waals surface area (Å²) in [6.45, 7) is 0. The van der Waals surface area contributed by atoms with Crippen LogP contribution >= 0.6 is 0 Å². The first kappa shape index (κ1) is 23.3. The normalized spacial score (nSPS) is 11.4. The summed E-state index contributed by atoms with van der Waals surface area (Å²) in [7, 11) is 0. The van der Waals surface area contributed by atoms with Crippen molar-refractivity contribution in [1.82, 2.24) is 15.0 Å². The highest BCUT2D eigenvalue weighted by Crippen LogP contribution is 2.41. The molecule has 0 unspecified atom stereocenters. The lowest BCUT2D eigenvalue weighted by Crippen LogP contribution is -2.00. The molecule has 41 heavy (non-hydrogen) atoms. The Labute approximate surface area is 236 Å². The summed E-state index contributed by atoms with van der Waals surface area (Å²) >= 11 is 0. The standard InChI is InChI=1S/C37H23N3O/c1-4-12-24(13-5-1)27-20-21-28-30(22-27)34-31(29-18-10-11-19-33(29)41-34)23-32(28)37-39-35(25-14-6-2-7-15-25)38-36(40-37)26-16-8-3-9-17-26/h1-23H. The summed E-state index contributed by atoms with van der Waals surface area (Å²) < 4.78 is 6.48. The zero-order chi connectivity index (χ0) is 27.2. The Bertz CT molecular complexity index is 2130. The van der Waals surface area contributed by atoms with Gasteiger partial charge in [0.25, 0.3) is 0 Å². The van der Waals surface area contributed by atoms with Gasteiger partial charge in [-0.05, 0) is 34.7 Å². The van der Waals surface area contributed by atoms with Crippen LogP contribution in [0.4, 0.5) is 0 Å². The SMILES string of the molecule is c1ccc(-c2ccc3c(-c4nc(-c5ccccc5)nc(-c5ccccc5)n4)cc4c5ccccc5oc4c3c2)cc1. The molecule has 0 fully saturated rings. The zero-order valence-corrected chi connectivity index (χ0v) is 22.0. The largest absolute Gasteiger partial charge is 0.455 e. The molecule has 0 aliphatic carbocycles. The molecule has 4 heteroatoms. The summed E-state index contributed by atoms with van der Waals surface area (Å²) in [6.07, 6.45) is 0. The van der Waals surface area contributed by atoms with E-state index in [9.17, 15) is 0 Å². The summed E-state index contributed by atoms with van der Waals surface area (Å²) in [5.74, 6) is 1.91. The van der Waals surface area contributed by atoms with Crippen LogP contribution in [0.15, 0.2) is 144 Å². The molecule has 0 aliphatic heterocycles. The lowest BCUT2D eigenvalue weighted by atomic mass is 9.95. The number of hydrogen-bond acceptors (Lipinski definition) is 4.